The number of rotatable bonds is 7. The molecule has 21 heavy (non-hydrogen) atoms. The molecule has 114 valence electrons. The number of anilines is 1. The summed E-state index contributed by atoms with van der Waals surface area (Å²) in [6.45, 7) is 3.73. The largest absolute Gasteiger partial charge is 0.493 e. The predicted molar refractivity (Wildman–Crippen MR) is 86.2 cm³/mol. The fraction of sp³-hybridized carbons (Fsp3) is 0.438. The average molecular weight is 289 g/mol. The van der Waals surface area contributed by atoms with Gasteiger partial charge in [-0.2, -0.15) is 0 Å². The fourth-order valence-electron chi connectivity index (χ4n) is 2.30. The molecule has 0 saturated heterocycles. The van der Waals surface area contributed by atoms with Crippen LogP contribution in [0.1, 0.15) is 13.3 Å². The van der Waals surface area contributed by atoms with Gasteiger partial charge in [0.05, 0.1) is 14.2 Å². The van der Waals surface area contributed by atoms with Crippen molar-refractivity contribution in [1.29, 1.82) is 0 Å². The lowest BCUT2D eigenvalue weighted by Gasteiger charge is -2.15. The Morgan fingerprint density at radius 3 is 2.62 bits per heavy atom. The van der Waals surface area contributed by atoms with E-state index in [4.69, 9.17) is 15.2 Å². The molecule has 1 aromatic heterocycles. The molecule has 0 saturated carbocycles. The minimum absolute atomic E-state index is 0.507. The highest BCUT2D eigenvalue weighted by atomic mass is 16.5. The first kappa shape index (κ1) is 15.4. The summed E-state index contributed by atoms with van der Waals surface area (Å²) in [5.41, 5.74) is 5.58. The van der Waals surface area contributed by atoms with Gasteiger partial charge in [-0.15, -0.1) is 0 Å². The van der Waals surface area contributed by atoms with Crippen LogP contribution in [0, 0.1) is 5.92 Å². The first-order chi connectivity index (χ1) is 10.2. The van der Waals surface area contributed by atoms with Gasteiger partial charge in [0.15, 0.2) is 11.5 Å². The van der Waals surface area contributed by atoms with Crippen LogP contribution in [0.5, 0.6) is 11.5 Å². The maximum Gasteiger partial charge on any atom is 0.161 e. The third kappa shape index (κ3) is 3.55. The van der Waals surface area contributed by atoms with Crippen molar-refractivity contribution >= 4 is 16.6 Å². The molecule has 1 atom stereocenters. The first-order valence-corrected chi connectivity index (χ1v) is 7.14. The highest BCUT2D eigenvalue weighted by Crippen LogP contribution is 2.34. The highest BCUT2D eigenvalue weighted by Gasteiger charge is 2.10. The SMILES string of the molecule is COc1cc2ccnc(NCC(C)CCN)c2cc1OC. The van der Waals surface area contributed by atoms with E-state index in [2.05, 4.69) is 17.2 Å². The van der Waals surface area contributed by atoms with Crippen molar-refractivity contribution in [1.82, 2.24) is 4.98 Å². The van der Waals surface area contributed by atoms with Crippen molar-refractivity contribution in [3.05, 3.63) is 24.4 Å². The van der Waals surface area contributed by atoms with Gasteiger partial charge >= 0.3 is 0 Å². The van der Waals surface area contributed by atoms with Gasteiger partial charge in [0.25, 0.3) is 0 Å². The van der Waals surface area contributed by atoms with Crippen LogP contribution in [0.3, 0.4) is 0 Å². The maximum absolute atomic E-state index is 5.58. The van der Waals surface area contributed by atoms with Gasteiger partial charge in [0, 0.05) is 18.1 Å². The third-order valence-corrected chi connectivity index (χ3v) is 3.55. The van der Waals surface area contributed by atoms with Crippen LogP contribution in [0.4, 0.5) is 5.82 Å². The highest BCUT2D eigenvalue weighted by molar-refractivity contribution is 5.94. The maximum atomic E-state index is 5.58. The van der Waals surface area contributed by atoms with Crippen molar-refractivity contribution in [2.75, 3.05) is 32.6 Å². The number of ether oxygens (including phenoxy) is 2. The Kier molecular flexibility index (Phi) is 5.22. The average Bonchev–Trinajstić information content (AvgIpc) is 2.51. The molecule has 1 aromatic carbocycles. The van der Waals surface area contributed by atoms with Gasteiger partial charge in [-0.1, -0.05) is 6.92 Å². The molecule has 0 aliphatic heterocycles. The number of nitrogens with one attached hydrogen (secondary N) is 1. The number of hydrogen-bond acceptors (Lipinski definition) is 5. The Balaban J connectivity index is 2.31. The first-order valence-electron chi connectivity index (χ1n) is 7.14. The Morgan fingerprint density at radius 1 is 1.24 bits per heavy atom. The molecule has 2 rings (SSSR count). The van der Waals surface area contributed by atoms with Crippen LogP contribution >= 0.6 is 0 Å². The summed E-state index contributed by atoms with van der Waals surface area (Å²) in [4.78, 5) is 4.43. The minimum Gasteiger partial charge on any atom is -0.493 e. The van der Waals surface area contributed by atoms with Gasteiger partial charge in [-0.05, 0) is 42.5 Å². The molecule has 3 N–H and O–H groups in total. The summed E-state index contributed by atoms with van der Waals surface area (Å²) < 4.78 is 10.7. The van der Waals surface area contributed by atoms with Crippen LogP contribution < -0.4 is 20.5 Å². The second-order valence-corrected chi connectivity index (χ2v) is 5.15. The molecule has 0 fully saturated rings. The van der Waals surface area contributed by atoms with Crippen LogP contribution in [-0.4, -0.2) is 32.3 Å². The smallest absolute Gasteiger partial charge is 0.161 e. The summed E-state index contributed by atoms with van der Waals surface area (Å²) in [5, 5.41) is 5.49. The van der Waals surface area contributed by atoms with Crippen LogP contribution in [0.2, 0.25) is 0 Å². The number of nitrogens with zero attached hydrogens (tertiary/aromatic N) is 1. The molecule has 0 bridgehead atoms. The quantitative estimate of drug-likeness (QED) is 0.820. The summed E-state index contributed by atoms with van der Waals surface area (Å²) in [5.74, 6) is 2.79. The van der Waals surface area contributed by atoms with Crippen molar-refractivity contribution in [2.45, 2.75) is 13.3 Å². The van der Waals surface area contributed by atoms with E-state index in [0.29, 0.717) is 18.2 Å². The number of pyridine rings is 1. The minimum atomic E-state index is 0.507. The van der Waals surface area contributed by atoms with Crippen molar-refractivity contribution < 1.29 is 9.47 Å². The number of methoxy groups -OCH3 is 2. The summed E-state index contributed by atoms with van der Waals surface area (Å²) in [7, 11) is 3.27. The van der Waals surface area contributed by atoms with Gasteiger partial charge in [-0.3, -0.25) is 0 Å². The fourth-order valence-corrected chi connectivity index (χ4v) is 2.30. The number of aromatic nitrogens is 1. The monoisotopic (exact) mass is 289 g/mol. The molecule has 0 amide bonds. The topological polar surface area (TPSA) is 69.4 Å². The molecule has 5 heteroatoms. The van der Waals surface area contributed by atoms with Crippen LogP contribution in [0.25, 0.3) is 10.8 Å². The Bertz CT molecular complexity index is 601. The van der Waals surface area contributed by atoms with E-state index in [1.165, 1.54) is 0 Å². The van der Waals surface area contributed by atoms with Gasteiger partial charge in [-0.25, -0.2) is 4.98 Å². The zero-order valence-corrected chi connectivity index (χ0v) is 12.8. The number of nitrogens with two attached hydrogens (primary N) is 1. The van der Waals surface area contributed by atoms with Crippen molar-refractivity contribution in [3.63, 3.8) is 0 Å². The lowest BCUT2D eigenvalue weighted by molar-refractivity contribution is 0.356. The molecule has 0 radical (unpaired) electrons. The molecule has 0 aliphatic carbocycles. The second-order valence-electron chi connectivity index (χ2n) is 5.15. The summed E-state index contributed by atoms with van der Waals surface area (Å²) in [6, 6.07) is 5.88. The van der Waals surface area contributed by atoms with E-state index in [1.807, 2.05) is 18.2 Å². The molecule has 0 aliphatic rings. The van der Waals surface area contributed by atoms with E-state index >= 15 is 0 Å². The molecular weight excluding hydrogens is 266 g/mol. The van der Waals surface area contributed by atoms with Gasteiger partial charge < -0.3 is 20.5 Å². The third-order valence-electron chi connectivity index (χ3n) is 3.55. The van der Waals surface area contributed by atoms with E-state index in [-0.39, 0.29) is 0 Å². The zero-order chi connectivity index (χ0) is 15.2. The molecular formula is C16H23N3O2. The van der Waals surface area contributed by atoms with Gasteiger partial charge in [0.1, 0.15) is 5.82 Å². The molecule has 2 aromatic rings. The Hall–Kier alpha value is -2.01. The molecule has 1 heterocycles. The van der Waals surface area contributed by atoms with E-state index < -0.39 is 0 Å². The number of hydrogen-bond donors (Lipinski definition) is 2. The summed E-state index contributed by atoms with van der Waals surface area (Å²) in [6.07, 6.45) is 2.79. The van der Waals surface area contributed by atoms with Gasteiger partial charge in [0.2, 0.25) is 0 Å². The Labute approximate surface area is 125 Å². The molecule has 0 spiro atoms. The zero-order valence-electron chi connectivity index (χ0n) is 12.8. The van der Waals surface area contributed by atoms with Crippen molar-refractivity contribution in [3.8, 4) is 11.5 Å². The normalized spacial score (nSPS) is 12.2. The van der Waals surface area contributed by atoms with E-state index in [1.54, 1.807) is 20.4 Å². The molecule has 5 nitrogen and oxygen atoms in total. The molecule has 1 unspecified atom stereocenters. The van der Waals surface area contributed by atoms with E-state index in [9.17, 15) is 0 Å². The van der Waals surface area contributed by atoms with Crippen LogP contribution in [0.15, 0.2) is 24.4 Å². The summed E-state index contributed by atoms with van der Waals surface area (Å²) >= 11 is 0. The number of benzene rings is 1. The standard InChI is InChI=1S/C16H23N3O2/c1-11(4-6-17)10-19-16-13-9-15(21-3)14(20-2)8-12(13)5-7-18-16/h5,7-9,11H,4,6,10,17H2,1-3H3,(H,18,19). The predicted octanol–water partition coefficient (Wildman–Crippen LogP) is 2.65. The lowest BCUT2D eigenvalue weighted by Crippen LogP contribution is -2.15. The van der Waals surface area contributed by atoms with Crippen molar-refractivity contribution in [2.24, 2.45) is 11.7 Å². The van der Waals surface area contributed by atoms with E-state index in [0.717, 1.165) is 35.3 Å². The lowest BCUT2D eigenvalue weighted by atomic mass is 10.1. The Morgan fingerprint density at radius 2 is 1.95 bits per heavy atom. The number of fused-ring (bicyclic) bond motifs is 1. The van der Waals surface area contributed by atoms with Crippen LogP contribution in [-0.2, 0) is 0 Å². The second kappa shape index (κ2) is 7.13.